The monoisotopic (exact) mass is 295 g/mol. The van der Waals surface area contributed by atoms with E-state index in [0.29, 0.717) is 19.8 Å². The summed E-state index contributed by atoms with van der Waals surface area (Å²) in [6.45, 7) is 0. The van der Waals surface area contributed by atoms with Crippen molar-refractivity contribution in [2.45, 2.75) is 25.2 Å². The predicted molar refractivity (Wildman–Crippen MR) is 57.5 cm³/mol. The van der Waals surface area contributed by atoms with E-state index in [1.54, 1.807) is 0 Å². The van der Waals surface area contributed by atoms with E-state index in [2.05, 4.69) is 15.9 Å². The SMILES string of the molecule is NC(=O)c1sc(Br)c2c1CCC(F)(F)C2. The number of amides is 1. The molecule has 82 valence electrons. The number of halogens is 3. The first-order valence-electron chi connectivity index (χ1n) is 4.38. The van der Waals surface area contributed by atoms with E-state index < -0.39 is 11.8 Å². The maximum atomic E-state index is 13.1. The lowest BCUT2D eigenvalue weighted by molar-refractivity contribution is -0.0122. The lowest BCUT2D eigenvalue weighted by Gasteiger charge is -2.22. The first-order valence-corrected chi connectivity index (χ1v) is 5.99. The topological polar surface area (TPSA) is 43.1 Å². The van der Waals surface area contributed by atoms with E-state index in [1.807, 2.05) is 0 Å². The Morgan fingerprint density at radius 2 is 2.13 bits per heavy atom. The first kappa shape index (κ1) is 11.0. The van der Waals surface area contributed by atoms with Crippen molar-refractivity contribution in [3.05, 3.63) is 19.8 Å². The molecule has 0 fully saturated rings. The summed E-state index contributed by atoms with van der Waals surface area (Å²) in [6.07, 6.45) is -0.279. The Morgan fingerprint density at radius 1 is 1.47 bits per heavy atom. The fourth-order valence-corrected chi connectivity index (χ4v) is 3.57. The van der Waals surface area contributed by atoms with Crippen LogP contribution in [-0.4, -0.2) is 11.8 Å². The number of fused-ring (bicyclic) bond motifs is 1. The van der Waals surface area contributed by atoms with Crippen LogP contribution in [0.5, 0.6) is 0 Å². The van der Waals surface area contributed by atoms with Crippen molar-refractivity contribution in [3.63, 3.8) is 0 Å². The lowest BCUT2D eigenvalue weighted by Crippen LogP contribution is -2.26. The molecule has 1 aromatic heterocycles. The summed E-state index contributed by atoms with van der Waals surface area (Å²) < 4.78 is 26.9. The van der Waals surface area contributed by atoms with Gasteiger partial charge in [0.1, 0.15) is 0 Å². The fraction of sp³-hybridized carbons (Fsp3) is 0.444. The Hall–Kier alpha value is -0.490. The molecular formula is C9H8BrF2NOS. The summed E-state index contributed by atoms with van der Waals surface area (Å²) in [4.78, 5) is 11.5. The molecular weight excluding hydrogens is 288 g/mol. The number of thiophene rings is 1. The summed E-state index contributed by atoms with van der Waals surface area (Å²) in [7, 11) is 0. The molecule has 0 saturated carbocycles. The second kappa shape index (κ2) is 3.52. The molecule has 1 heterocycles. The molecule has 1 amide bonds. The van der Waals surface area contributed by atoms with Crippen molar-refractivity contribution >= 4 is 33.2 Å². The average molecular weight is 296 g/mol. The molecule has 0 radical (unpaired) electrons. The van der Waals surface area contributed by atoms with Gasteiger partial charge >= 0.3 is 0 Å². The summed E-state index contributed by atoms with van der Waals surface area (Å²) in [6, 6.07) is 0. The van der Waals surface area contributed by atoms with Gasteiger partial charge in [-0.25, -0.2) is 8.78 Å². The minimum atomic E-state index is -2.66. The van der Waals surface area contributed by atoms with Crippen molar-refractivity contribution in [1.29, 1.82) is 0 Å². The molecule has 0 atom stereocenters. The van der Waals surface area contributed by atoms with Crippen LogP contribution >= 0.6 is 27.3 Å². The van der Waals surface area contributed by atoms with Gasteiger partial charge in [-0.3, -0.25) is 4.79 Å². The molecule has 0 saturated heterocycles. The van der Waals surface area contributed by atoms with Gasteiger partial charge in [-0.1, -0.05) is 0 Å². The van der Waals surface area contributed by atoms with Gasteiger partial charge in [-0.05, 0) is 33.5 Å². The van der Waals surface area contributed by atoms with Gasteiger partial charge in [-0.2, -0.15) is 0 Å². The molecule has 0 spiro atoms. The van der Waals surface area contributed by atoms with Gasteiger partial charge in [0.2, 0.25) is 0 Å². The molecule has 1 aromatic rings. The van der Waals surface area contributed by atoms with Crippen LogP contribution in [0, 0.1) is 0 Å². The Labute approximate surface area is 97.6 Å². The van der Waals surface area contributed by atoms with Crippen molar-refractivity contribution in [1.82, 2.24) is 0 Å². The molecule has 1 aliphatic carbocycles. The van der Waals surface area contributed by atoms with Gasteiger partial charge in [0.25, 0.3) is 11.8 Å². The third-order valence-corrected chi connectivity index (χ3v) is 4.51. The van der Waals surface area contributed by atoms with Crippen molar-refractivity contribution < 1.29 is 13.6 Å². The van der Waals surface area contributed by atoms with Crippen LogP contribution in [0.2, 0.25) is 0 Å². The quantitative estimate of drug-likeness (QED) is 0.850. The Bertz CT molecular complexity index is 430. The van der Waals surface area contributed by atoms with Crippen LogP contribution in [0.3, 0.4) is 0 Å². The number of hydrogen-bond acceptors (Lipinski definition) is 2. The van der Waals surface area contributed by atoms with Gasteiger partial charge in [0, 0.05) is 12.8 Å². The molecule has 0 aliphatic heterocycles. The maximum absolute atomic E-state index is 13.1. The minimum absolute atomic E-state index is 0.205. The number of carbonyl (C=O) groups is 1. The molecule has 6 heteroatoms. The molecule has 0 unspecified atom stereocenters. The molecule has 0 bridgehead atoms. The van der Waals surface area contributed by atoms with E-state index in [1.165, 1.54) is 0 Å². The Balaban J connectivity index is 2.49. The molecule has 0 aromatic carbocycles. The Kier molecular flexibility index (Phi) is 2.58. The minimum Gasteiger partial charge on any atom is -0.365 e. The fourth-order valence-electron chi connectivity index (χ4n) is 1.76. The molecule has 15 heavy (non-hydrogen) atoms. The highest BCUT2D eigenvalue weighted by molar-refractivity contribution is 9.11. The number of hydrogen-bond donors (Lipinski definition) is 1. The summed E-state index contributed by atoms with van der Waals surface area (Å²) in [5.41, 5.74) is 6.43. The van der Waals surface area contributed by atoms with E-state index in [0.717, 1.165) is 11.3 Å². The van der Waals surface area contributed by atoms with Crippen LogP contribution in [0.1, 0.15) is 27.2 Å². The van der Waals surface area contributed by atoms with Crippen LogP contribution in [0.4, 0.5) is 8.78 Å². The normalized spacial score (nSPS) is 18.6. The standard InChI is InChI=1S/C9H8BrF2NOS/c10-7-5-3-9(11,12)2-1-4(5)6(15-7)8(13)14/h1-3H2,(H2,13,14). The molecule has 2 N–H and O–H groups in total. The van der Waals surface area contributed by atoms with E-state index >= 15 is 0 Å². The third kappa shape index (κ3) is 1.92. The zero-order chi connectivity index (χ0) is 11.2. The average Bonchev–Trinajstić information content (AvgIpc) is 2.42. The highest BCUT2D eigenvalue weighted by atomic mass is 79.9. The number of rotatable bonds is 1. The van der Waals surface area contributed by atoms with Crippen LogP contribution < -0.4 is 5.73 Å². The van der Waals surface area contributed by atoms with Crippen molar-refractivity contribution in [2.24, 2.45) is 5.73 Å². The molecule has 1 aliphatic rings. The first-order chi connectivity index (χ1) is 6.91. The summed E-state index contributed by atoms with van der Waals surface area (Å²) in [5, 5.41) is 0. The van der Waals surface area contributed by atoms with Gasteiger partial charge < -0.3 is 5.73 Å². The second-order valence-electron chi connectivity index (χ2n) is 3.56. The number of nitrogens with two attached hydrogens (primary N) is 1. The smallest absolute Gasteiger partial charge is 0.259 e. The molecule has 2 rings (SSSR count). The van der Waals surface area contributed by atoms with E-state index in [4.69, 9.17) is 5.73 Å². The predicted octanol–water partition coefficient (Wildman–Crippen LogP) is 2.73. The van der Waals surface area contributed by atoms with Crippen molar-refractivity contribution in [2.75, 3.05) is 0 Å². The third-order valence-electron chi connectivity index (χ3n) is 2.47. The zero-order valence-electron chi connectivity index (χ0n) is 7.65. The van der Waals surface area contributed by atoms with E-state index in [9.17, 15) is 13.6 Å². The number of carbonyl (C=O) groups excluding carboxylic acids is 1. The van der Waals surface area contributed by atoms with Crippen molar-refractivity contribution in [3.8, 4) is 0 Å². The second-order valence-corrected chi connectivity index (χ2v) is 5.90. The van der Waals surface area contributed by atoms with E-state index in [-0.39, 0.29) is 19.3 Å². The van der Waals surface area contributed by atoms with Gasteiger partial charge in [0.05, 0.1) is 8.66 Å². The maximum Gasteiger partial charge on any atom is 0.259 e. The van der Waals surface area contributed by atoms with Crippen LogP contribution in [-0.2, 0) is 12.8 Å². The summed E-state index contributed by atoms with van der Waals surface area (Å²) >= 11 is 4.35. The zero-order valence-corrected chi connectivity index (χ0v) is 10.1. The number of primary amides is 1. The van der Waals surface area contributed by atoms with Gasteiger partial charge in [0.15, 0.2) is 0 Å². The lowest BCUT2D eigenvalue weighted by atomic mass is 9.91. The highest BCUT2D eigenvalue weighted by Crippen LogP contribution is 2.42. The Morgan fingerprint density at radius 3 is 2.73 bits per heavy atom. The van der Waals surface area contributed by atoms with Crippen LogP contribution in [0.25, 0.3) is 0 Å². The summed E-state index contributed by atoms with van der Waals surface area (Å²) in [5.74, 6) is -3.20. The largest absolute Gasteiger partial charge is 0.365 e. The number of alkyl halides is 2. The van der Waals surface area contributed by atoms with Crippen LogP contribution in [0.15, 0.2) is 3.79 Å². The molecule has 2 nitrogen and oxygen atoms in total. The highest BCUT2D eigenvalue weighted by Gasteiger charge is 2.37. The van der Waals surface area contributed by atoms with Gasteiger partial charge in [-0.15, -0.1) is 11.3 Å².